The molecule has 0 aliphatic carbocycles. The maximum Gasteiger partial charge on any atom is 1.00 e. The largest absolute Gasteiger partial charge is 1.00 e. The second-order valence-electron chi connectivity index (χ2n) is 1.46. The molecule has 0 aliphatic heterocycles. The van der Waals surface area contributed by atoms with Crippen molar-refractivity contribution in [1.82, 2.24) is 0 Å². The van der Waals surface area contributed by atoms with Crippen LogP contribution >= 0.6 is 0 Å². The zero-order chi connectivity index (χ0) is 12.2. The van der Waals surface area contributed by atoms with Crippen LogP contribution in [0.2, 0.25) is 0 Å². The number of esters is 1. The molecule has 2 nitrogen and oxygen atoms in total. The van der Waals surface area contributed by atoms with E-state index in [4.69, 9.17) is 0 Å². The predicted octanol–water partition coefficient (Wildman–Crippen LogP) is 3.47. The van der Waals surface area contributed by atoms with E-state index in [-0.39, 0.29) is 109 Å². The van der Waals surface area contributed by atoms with Crippen LogP contribution in [-0.2, 0) is 9.53 Å². The third kappa shape index (κ3) is 518. The summed E-state index contributed by atoms with van der Waals surface area (Å²) < 4.78 is 53.2. The van der Waals surface area contributed by atoms with Crippen LogP contribution in [0.5, 0.6) is 0 Å². The van der Waals surface area contributed by atoms with Crippen LogP contribution in [0, 0.1) is 13.8 Å². The Hall–Kier alpha value is 0.756. The van der Waals surface area contributed by atoms with Crippen molar-refractivity contribution in [3.63, 3.8) is 0 Å². The summed E-state index contributed by atoms with van der Waals surface area (Å²) in [6.07, 6.45) is -5.50. The van der Waals surface area contributed by atoms with Gasteiger partial charge in [-0.05, 0) is 13.3 Å². The molecule has 0 fully saturated rings. The van der Waals surface area contributed by atoms with E-state index >= 15 is 0 Å². The van der Waals surface area contributed by atoms with Crippen LogP contribution in [0.3, 0.4) is 0 Å². The fraction of sp³-hybridized carbons (Fsp3) is 0.769. The van der Waals surface area contributed by atoms with Crippen molar-refractivity contribution in [1.29, 1.82) is 0 Å². The molecule has 136 valence electrons. The van der Waals surface area contributed by atoms with E-state index < -0.39 is 13.1 Å². The molecular formula is C13H35F5KO2-. The minimum Gasteiger partial charge on any atom is -0.499 e. The van der Waals surface area contributed by atoms with Crippen molar-refractivity contribution in [2.45, 2.75) is 57.9 Å². The van der Waals surface area contributed by atoms with Crippen molar-refractivity contribution in [3.05, 3.63) is 13.8 Å². The monoisotopic (exact) mass is 357 g/mol. The number of rotatable bonds is 1. The van der Waals surface area contributed by atoms with Gasteiger partial charge in [0.05, 0.1) is 0 Å². The van der Waals surface area contributed by atoms with Crippen LogP contribution in [0.25, 0.3) is 0 Å². The summed E-state index contributed by atoms with van der Waals surface area (Å²) in [5.74, 6) is -0.273. The van der Waals surface area contributed by atoms with E-state index in [1.54, 1.807) is 0 Å². The molecule has 8 heteroatoms. The fourth-order valence-electron chi connectivity index (χ4n) is 0.144. The zero-order valence-electron chi connectivity index (χ0n) is 8.53. The van der Waals surface area contributed by atoms with Gasteiger partial charge in [0.1, 0.15) is 0 Å². The second kappa shape index (κ2) is 49.8. The molecule has 0 unspecified atom stereocenters. The van der Waals surface area contributed by atoms with Crippen molar-refractivity contribution in [2.75, 3.05) is 13.3 Å². The van der Waals surface area contributed by atoms with Crippen LogP contribution < -0.4 is 51.4 Å². The molecule has 21 heavy (non-hydrogen) atoms. The third-order valence-corrected chi connectivity index (χ3v) is 0.305. The first-order valence-electron chi connectivity index (χ1n) is 3.22. The van der Waals surface area contributed by atoms with Gasteiger partial charge in [0.2, 0.25) is 0 Å². The first kappa shape index (κ1) is 67.8. The van der Waals surface area contributed by atoms with E-state index in [0.717, 1.165) is 0 Å². The Bertz CT molecular complexity index is 128. The average molecular weight is 358 g/mol. The normalized spacial score (nSPS) is 5.90. The Morgan fingerprint density at radius 1 is 0.952 bits per heavy atom. The summed E-state index contributed by atoms with van der Waals surface area (Å²) in [5.41, 5.74) is 0. The molecule has 0 aromatic rings. The van der Waals surface area contributed by atoms with Crippen molar-refractivity contribution in [2.24, 2.45) is 0 Å². The minimum atomic E-state index is -5.50. The topological polar surface area (TPSA) is 26.3 Å². The Kier molecular flexibility index (Phi) is 161. The van der Waals surface area contributed by atoms with Gasteiger partial charge in [0.15, 0.2) is 0 Å². The van der Waals surface area contributed by atoms with Gasteiger partial charge in [-0.3, -0.25) is 9.18 Å². The number of hydrogen-bond donors (Lipinski definition) is 0. The van der Waals surface area contributed by atoms with Crippen molar-refractivity contribution >= 4 is 5.97 Å². The van der Waals surface area contributed by atoms with E-state index in [2.05, 4.69) is 18.6 Å². The summed E-state index contributed by atoms with van der Waals surface area (Å²) in [6, 6.07) is 0. The standard InChI is InChI=1S/C4H7O2.C2H4F.CF4.6CH4.K/c1-3-6-4(2)5;1-2-3;2-1(3,4)5;;;;;;;/h1,3H2,2H3;1-2H2;;6*1H4;/q2*-1;;;;;;;;+1. The van der Waals surface area contributed by atoms with Crippen LogP contribution in [0.1, 0.15) is 51.5 Å². The Morgan fingerprint density at radius 3 is 1.10 bits per heavy atom. The van der Waals surface area contributed by atoms with Gasteiger partial charge >= 0.3 is 57.8 Å². The fourth-order valence-corrected chi connectivity index (χ4v) is 0.144. The molecule has 0 aliphatic rings. The first-order chi connectivity index (χ1) is 6.18. The quantitative estimate of drug-likeness (QED) is 0.311. The molecule has 0 aromatic carbocycles. The third-order valence-electron chi connectivity index (χ3n) is 0.305. The number of halogens is 5. The van der Waals surface area contributed by atoms with Gasteiger partial charge in [-0.1, -0.05) is 44.6 Å². The summed E-state index contributed by atoms with van der Waals surface area (Å²) in [6.45, 7) is 7.19. The van der Waals surface area contributed by atoms with Crippen LogP contribution in [-0.4, -0.2) is 25.7 Å². The molecule has 0 saturated carbocycles. The SMILES string of the molecule is C.C.C.C.C.C.FC(F)(F)F.[CH2-]CF.[CH2-]COC(C)=O.[K+]. The number of hydrogen-bond acceptors (Lipinski definition) is 2. The summed E-state index contributed by atoms with van der Waals surface area (Å²) in [5, 5.41) is 0. The summed E-state index contributed by atoms with van der Waals surface area (Å²) in [7, 11) is 0. The van der Waals surface area contributed by atoms with Gasteiger partial charge in [-0.15, -0.1) is 17.6 Å². The molecule has 0 spiro atoms. The Morgan fingerprint density at radius 2 is 1.10 bits per heavy atom. The molecule has 0 bridgehead atoms. The van der Waals surface area contributed by atoms with Crippen molar-refractivity contribution < 1.29 is 82.9 Å². The summed E-state index contributed by atoms with van der Waals surface area (Å²) >= 11 is 0. The molecule has 0 atom stereocenters. The molecule has 0 rings (SSSR count). The number of carbonyl (C=O) groups excluding carboxylic acids is 1. The van der Waals surface area contributed by atoms with Gasteiger partial charge in [0.25, 0.3) is 5.97 Å². The van der Waals surface area contributed by atoms with E-state index in [1.165, 1.54) is 6.92 Å². The Labute approximate surface area is 172 Å². The average Bonchev–Trinajstić information content (AvgIpc) is 1.83. The van der Waals surface area contributed by atoms with E-state index in [9.17, 15) is 26.7 Å². The van der Waals surface area contributed by atoms with Gasteiger partial charge in [-0.25, -0.2) is 0 Å². The summed E-state index contributed by atoms with van der Waals surface area (Å²) in [4.78, 5) is 9.78. The molecular weight excluding hydrogens is 322 g/mol. The van der Waals surface area contributed by atoms with Crippen LogP contribution in [0.4, 0.5) is 22.0 Å². The van der Waals surface area contributed by atoms with E-state index in [0.29, 0.717) is 0 Å². The van der Waals surface area contributed by atoms with Gasteiger partial charge in [0, 0.05) is 6.92 Å². The Balaban J connectivity index is -0.00000000955. The van der Waals surface area contributed by atoms with Gasteiger partial charge in [-0.2, -0.15) is 0 Å². The maximum absolute atomic E-state index is 10.2. The molecule has 0 aromatic heterocycles. The minimum absolute atomic E-state index is 0. The predicted molar refractivity (Wildman–Crippen MR) is 80.9 cm³/mol. The molecule has 0 saturated heterocycles. The molecule has 0 amide bonds. The molecule has 0 N–H and O–H groups in total. The first-order valence-corrected chi connectivity index (χ1v) is 3.22. The number of carbonyl (C=O) groups is 1. The number of ether oxygens (including phenoxy) is 1. The number of alkyl halides is 5. The van der Waals surface area contributed by atoms with E-state index in [1.807, 2.05) is 0 Å². The zero-order valence-corrected chi connectivity index (χ0v) is 11.7. The second-order valence-corrected chi connectivity index (χ2v) is 1.46. The molecule has 0 heterocycles. The molecule has 0 radical (unpaired) electrons. The smallest absolute Gasteiger partial charge is 0.499 e. The van der Waals surface area contributed by atoms with Crippen molar-refractivity contribution in [3.8, 4) is 0 Å². The van der Waals surface area contributed by atoms with Gasteiger partial charge < -0.3 is 18.6 Å². The maximum atomic E-state index is 10.2. The van der Waals surface area contributed by atoms with Crippen LogP contribution in [0.15, 0.2) is 0 Å².